The maximum absolute atomic E-state index is 11.3. The third-order valence-corrected chi connectivity index (χ3v) is 14.1. The number of hydrogen-bond donors (Lipinski definition) is 5. The van der Waals surface area contributed by atoms with E-state index < -0.39 is 5.91 Å². The first-order valence-corrected chi connectivity index (χ1v) is 30.7. The molecule has 0 unspecified atom stereocenters. The molecule has 3 heterocycles. The summed E-state index contributed by atoms with van der Waals surface area (Å²) < 4.78 is 9.20. The van der Waals surface area contributed by atoms with Crippen LogP contribution in [0.5, 0.6) is 0 Å². The molecular weight excluding hydrogens is 1210 g/mol. The number of nitrogens with one attached hydrogen (secondary N) is 2. The van der Waals surface area contributed by atoms with E-state index in [2.05, 4.69) is 173 Å². The van der Waals surface area contributed by atoms with Gasteiger partial charge in [0.2, 0.25) is 0 Å². The molecule has 0 aliphatic heterocycles. The maximum atomic E-state index is 11.3. The lowest BCUT2D eigenvalue weighted by Crippen LogP contribution is -2.24. The fourth-order valence-corrected chi connectivity index (χ4v) is 9.38. The van der Waals surface area contributed by atoms with Gasteiger partial charge in [-0.25, -0.2) is 21.0 Å². The Morgan fingerprint density at radius 3 is 1.15 bits per heavy atom. The molecule has 0 spiro atoms. The molecule has 16 nitrogen and oxygen atoms in total. The molecule has 498 valence electrons. The standard InChI is InChI=1S/C26H28N2O2.C25H27N3O2.C20H23NO2.C6H5NO.CH4.ClH.H3NO/c1-30-26(29)16-15-23-11-13-24(14-12-23)20-28(21-25-9-5-17-27-19-25)18-6-10-22-7-3-2-4-8-22;29-25(27-30)15-14-22-10-12-23(13-11-22)19-28(20-24-8-4-16-26-18-24)17-5-9-21-6-2-1-3-7-21;1-23-20(22)14-13-18-9-11-19(12-10-18)16-21-15-5-8-17-6-3-2-4-7-17;8-5-6-2-1-3-7-4-6;;;1-2/h2-5,7-9,11-17,19H,6,10,18,20-21H2,1H3;1-4,6-8,10-16,18,30H,5,9,17,19-20H2,(H,27,29);2-4,6-7,9-14,21H,5,8,15-16H2,1H3;1-5H;1H4;1H;2H,1H2/b;15-14+;;;;;. The van der Waals surface area contributed by atoms with Gasteiger partial charge in [-0.1, -0.05) is 183 Å². The normalized spacial score (nSPS) is 10.4. The molecule has 0 bridgehead atoms. The fraction of sp³-hybridized carbons (Fsp3) is 0.218. The molecule has 0 radical (unpaired) electrons. The SMILES string of the molecule is C.COC(=O)C=Cc1ccc(CN(CCCc2ccccc2)Cc2cccnc2)cc1.COC(=O)C=Cc1ccc(CNCCCc2ccccc2)cc1.Cl.NO.O=C(/C=C/c1ccc(CN(CCCc2ccccc2)Cc2cccnc2)cc1)NO.O=Cc1cccnc1. The van der Waals surface area contributed by atoms with Crippen molar-refractivity contribution in [3.8, 4) is 0 Å². The number of benzene rings is 6. The molecule has 0 aliphatic rings. The number of carbonyl (C=O) groups is 4. The van der Waals surface area contributed by atoms with Crippen LogP contribution in [0.15, 0.2) is 256 Å². The summed E-state index contributed by atoms with van der Waals surface area (Å²) in [6.45, 7) is 7.27. The third kappa shape index (κ3) is 35.1. The third-order valence-electron chi connectivity index (χ3n) is 14.1. The smallest absolute Gasteiger partial charge is 0.330 e. The number of methoxy groups -OCH3 is 2. The van der Waals surface area contributed by atoms with Gasteiger partial charge in [-0.3, -0.25) is 39.5 Å². The number of aryl methyl sites for hydroxylation is 3. The van der Waals surface area contributed by atoms with Crippen molar-refractivity contribution >= 4 is 54.8 Å². The lowest BCUT2D eigenvalue weighted by atomic mass is 10.1. The van der Waals surface area contributed by atoms with Crippen LogP contribution < -0.4 is 16.7 Å². The van der Waals surface area contributed by atoms with E-state index in [9.17, 15) is 19.2 Å². The molecule has 0 saturated heterocycles. The summed E-state index contributed by atoms with van der Waals surface area (Å²) in [7, 11) is 2.75. The number of carbonyl (C=O) groups excluding carboxylic acids is 4. The van der Waals surface area contributed by atoms with E-state index >= 15 is 0 Å². The first-order chi connectivity index (χ1) is 45.7. The van der Waals surface area contributed by atoms with E-state index in [1.165, 1.54) is 83.2 Å². The second-order valence-electron chi connectivity index (χ2n) is 21.2. The van der Waals surface area contributed by atoms with Crippen molar-refractivity contribution in [2.24, 2.45) is 5.90 Å². The zero-order valence-electron chi connectivity index (χ0n) is 53.5. The highest BCUT2D eigenvalue weighted by molar-refractivity contribution is 5.91. The first-order valence-electron chi connectivity index (χ1n) is 30.7. The van der Waals surface area contributed by atoms with Gasteiger partial charge in [0, 0.05) is 93.7 Å². The monoisotopic (exact) mass is 1300 g/mol. The van der Waals surface area contributed by atoms with Gasteiger partial charge < -0.3 is 20.0 Å². The highest BCUT2D eigenvalue weighted by Crippen LogP contribution is 2.17. The molecule has 6 N–H and O–H groups in total. The van der Waals surface area contributed by atoms with E-state index in [4.69, 9.17) is 10.4 Å². The Bertz CT molecular complexity index is 3380. The lowest BCUT2D eigenvalue weighted by molar-refractivity contribution is -0.135. The Morgan fingerprint density at radius 1 is 0.442 bits per heavy atom. The minimum atomic E-state index is -0.542. The number of halogens is 1. The van der Waals surface area contributed by atoms with Gasteiger partial charge in [0.15, 0.2) is 6.29 Å². The highest BCUT2D eigenvalue weighted by Gasteiger charge is 2.11. The highest BCUT2D eigenvalue weighted by atomic mass is 35.5. The number of hydroxylamine groups is 1. The molecule has 1 amide bonds. The van der Waals surface area contributed by atoms with E-state index in [1.54, 1.807) is 48.2 Å². The lowest BCUT2D eigenvalue weighted by Gasteiger charge is -2.22. The van der Waals surface area contributed by atoms with Crippen molar-refractivity contribution < 1.29 is 39.1 Å². The number of ether oxygens (including phenoxy) is 2. The molecule has 9 aromatic rings. The van der Waals surface area contributed by atoms with E-state index in [0.29, 0.717) is 5.56 Å². The summed E-state index contributed by atoms with van der Waals surface area (Å²) in [4.78, 5) is 60.5. The molecule has 0 saturated carbocycles. The Hall–Kier alpha value is -9.88. The van der Waals surface area contributed by atoms with Crippen LogP contribution in [0.3, 0.4) is 0 Å². The number of esters is 2. The van der Waals surface area contributed by atoms with Gasteiger partial charge >= 0.3 is 11.9 Å². The molecule has 0 aliphatic carbocycles. The van der Waals surface area contributed by atoms with Crippen LogP contribution in [-0.2, 0) is 75.8 Å². The molecule has 6 aromatic carbocycles. The van der Waals surface area contributed by atoms with Crippen LogP contribution in [0.25, 0.3) is 18.2 Å². The average molecular weight is 1300 g/mol. The van der Waals surface area contributed by atoms with Crippen LogP contribution >= 0.6 is 12.4 Å². The number of aromatic nitrogens is 3. The molecule has 0 fully saturated rings. The second-order valence-corrected chi connectivity index (χ2v) is 21.2. The van der Waals surface area contributed by atoms with Crippen LogP contribution in [0, 0.1) is 0 Å². The minimum absolute atomic E-state index is 0. The largest absolute Gasteiger partial charge is 0.466 e. The predicted molar refractivity (Wildman–Crippen MR) is 383 cm³/mol. The summed E-state index contributed by atoms with van der Waals surface area (Å²) in [6, 6.07) is 67.9. The van der Waals surface area contributed by atoms with Gasteiger partial charge in [-0.15, -0.1) is 12.4 Å². The number of hydrogen-bond acceptors (Lipinski definition) is 15. The number of nitrogens with two attached hydrogens (primary N) is 1. The molecular formula is C78H91ClN8O8. The molecule has 17 heteroatoms. The van der Waals surface area contributed by atoms with Gasteiger partial charge in [-0.05, 0) is 162 Å². The molecule has 0 atom stereocenters. The van der Waals surface area contributed by atoms with Crippen LogP contribution in [0.2, 0.25) is 0 Å². The van der Waals surface area contributed by atoms with Crippen molar-refractivity contribution in [2.45, 2.75) is 78.7 Å². The number of pyridine rings is 3. The average Bonchev–Trinajstić information content (AvgIpc) is 2.22. The number of rotatable bonds is 29. The maximum Gasteiger partial charge on any atom is 0.330 e. The number of aldehydes is 1. The van der Waals surface area contributed by atoms with Gasteiger partial charge in [0.1, 0.15) is 0 Å². The second kappa shape index (κ2) is 49.7. The van der Waals surface area contributed by atoms with Crippen molar-refractivity contribution in [2.75, 3.05) is 33.9 Å². The van der Waals surface area contributed by atoms with Crippen LogP contribution in [-0.4, -0.2) is 93.2 Å². The van der Waals surface area contributed by atoms with Crippen LogP contribution in [0.4, 0.5) is 0 Å². The first kappa shape index (κ1) is 79.4. The fourth-order valence-electron chi connectivity index (χ4n) is 9.38. The Balaban J connectivity index is 0.000000345. The Morgan fingerprint density at radius 2 is 0.800 bits per heavy atom. The van der Waals surface area contributed by atoms with E-state index in [0.717, 1.165) is 114 Å². The van der Waals surface area contributed by atoms with Gasteiger partial charge in [-0.2, -0.15) is 0 Å². The quantitative estimate of drug-likeness (QED) is 0.00735. The number of nitrogens with zero attached hydrogens (tertiary/aromatic N) is 5. The van der Waals surface area contributed by atoms with Crippen LogP contribution in [0.1, 0.15) is 98.2 Å². The summed E-state index contributed by atoms with van der Waals surface area (Å²) >= 11 is 0. The summed E-state index contributed by atoms with van der Waals surface area (Å²) in [5.74, 6) is 2.27. The van der Waals surface area contributed by atoms with Crippen molar-refractivity contribution in [1.82, 2.24) is 35.5 Å². The predicted octanol–water partition coefficient (Wildman–Crippen LogP) is 14.0. The minimum Gasteiger partial charge on any atom is -0.466 e. The van der Waals surface area contributed by atoms with Crippen molar-refractivity contribution in [3.05, 3.63) is 322 Å². The Kier molecular flexibility index (Phi) is 41.5. The number of amides is 1. The molecule has 95 heavy (non-hydrogen) atoms. The zero-order valence-corrected chi connectivity index (χ0v) is 54.3. The summed E-state index contributed by atoms with van der Waals surface area (Å²) in [6.07, 6.45) is 27.3. The Labute approximate surface area is 567 Å². The van der Waals surface area contributed by atoms with Gasteiger partial charge in [0.05, 0.1) is 14.2 Å². The zero-order chi connectivity index (χ0) is 66.2. The summed E-state index contributed by atoms with van der Waals surface area (Å²) in [5.41, 5.74) is 15.3. The molecule has 9 rings (SSSR count). The van der Waals surface area contributed by atoms with Gasteiger partial charge in [0.25, 0.3) is 5.91 Å². The van der Waals surface area contributed by atoms with E-state index in [1.807, 2.05) is 79.3 Å². The summed E-state index contributed by atoms with van der Waals surface area (Å²) in [5, 5.41) is 18.5. The molecule has 3 aromatic heterocycles. The van der Waals surface area contributed by atoms with Crippen molar-refractivity contribution in [1.29, 1.82) is 0 Å². The van der Waals surface area contributed by atoms with Crippen molar-refractivity contribution in [3.63, 3.8) is 0 Å². The topological polar surface area (TPSA) is 222 Å². The van der Waals surface area contributed by atoms with E-state index in [-0.39, 0.29) is 31.8 Å².